The molecule has 4 rings (SSSR count). The van der Waals surface area contributed by atoms with Gasteiger partial charge < -0.3 is 15.8 Å². The van der Waals surface area contributed by atoms with Gasteiger partial charge >= 0.3 is 0 Å². The molecule has 9 nitrogen and oxygen atoms in total. The number of carbonyl (C=O) groups is 1. The number of carbonyl (C=O) groups excluding carboxylic acids is 1. The maximum Gasteiger partial charge on any atom is 0.282 e. The summed E-state index contributed by atoms with van der Waals surface area (Å²) in [5.74, 6) is -0.423. The van der Waals surface area contributed by atoms with Gasteiger partial charge in [0.25, 0.3) is 10.2 Å². The number of thiazole rings is 1. The summed E-state index contributed by atoms with van der Waals surface area (Å²) in [6, 6.07) is 16.4. The highest BCUT2D eigenvalue weighted by Crippen LogP contribution is 2.24. The third kappa shape index (κ3) is 5.95. The molecule has 0 atom stereocenters. The van der Waals surface area contributed by atoms with Crippen LogP contribution in [0.4, 0.5) is 10.8 Å². The Morgan fingerprint density at radius 2 is 1.82 bits per heavy atom. The maximum absolute atomic E-state index is 13.3. The van der Waals surface area contributed by atoms with Crippen molar-refractivity contribution >= 4 is 38.3 Å². The highest BCUT2D eigenvalue weighted by molar-refractivity contribution is 7.86. The molecule has 1 aliphatic heterocycles. The van der Waals surface area contributed by atoms with Crippen LogP contribution in [0.3, 0.4) is 0 Å². The van der Waals surface area contributed by atoms with Crippen molar-refractivity contribution in [2.75, 3.05) is 43.9 Å². The summed E-state index contributed by atoms with van der Waals surface area (Å²) in [6.45, 7) is 0.982. The Balaban J connectivity index is 1.47. The molecular weight excluding hydrogens is 462 g/mol. The summed E-state index contributed by atoms with van der Waals surface area (Å²) in [4.78, 5) is 17.1. The number of hydrogen-bond donors (Lipinski definition) is 2. The van der Waals surface area contributed by atoms with Crippen molar-refractivity contribution < 1.29 is 17.9 Å². The molecule has 3 aromatic rings. The summed E-state index contributed by atoms with van der Waals surface area (Å²) in [5.41, 5.74) is 8.69. The second-order valence-corrected chi connectivity index (χ2v) is 10.3. The first kappa shape index (κ1) is 23.3. The summed E-state index contributed by atoms with van der Waals surface area (Å²) in [6.07, 6.45) is 0. The smallest absolute Gasteiger partial charge is 0.282 e. The largest absolute Gasteiger partial charge is 0.379 e. The van der Waals surface area contributed by atoms with Crippen LogP contribution in [-0.2, 0) is 26.3 Å². The highest BCUT2D eigenvalue weighted by atomic mass is 32.2. The fourth-order valence-electron chi connectivity index (χ4n) is 3.45. The van der Waals surface area contributed by atoms with Gasteiger partial charge in [-0.2, -0.15) is 17.0 Å². The average molecular weight is 488 g/mol. The normalized spacial score (nSPS) is 14.9. The molecule has 0 aliphatic carbocycles. The zero-order valence-electron chi connectivity index (χ0n) is 17.9. The van der Waals surface area contributed by atoms with Crippen molar-refractivity contribution in [1.29, 1.82) is 0 Å². The van der Waals surface area contributed by atoms with Crippen LogP contribution < -0.4 is 11.1 Å². The molecule has 1 fully saturated rings. The molecule has 1 aliphatic rings. The van der Waals surface area contributed by atoms with E-state index < -0.39 is 16.1 Å². The van der Waals surface area contributed by atoms with Gasteiger partial charge in [0.1, 0.15) is 0 Å². The van der Waals surface area contributed by atoms with E-state index in [0.29, 0.717) is 24.0 Å². The summed E-state index contributed by atoms with van der Waals surface area (Å²) in [5, 5.41) is 5.14. The van der Waals surface area contributed by atoms with Crippen LogP contribution in [0.5, 0.6) is 0 Å². The SMILES string of the molecule is Nc1nc(-c2ccc(NC(=O)CN(Cc3ccccc3)S(=O)(=O)N3CCOCC3)cc2)cs1. The second-order valence-electron chi connectivity index (χ2n) is 7.47. The molecule has 0 saturated carbocycles. The van der Waals surface area contributed by atoms with Gasteiger partial charge in [0.2, 0.25) is 5.91 Å². The van der Waals surface area contributed by atoms with Gasteiger partial charge in [-0.05, 0) is 17.7 Å². The summed E-state index contributed by atoms with van der Waals surface area (Å²) < 4.78 is 34.4. The zero-order chi connectivity index (χ0) is 23.3. The van der Waals surface area contributed by atoms with E-state index in [1.165, 1.54) is 19.9 Å². The fraction of sp³-hybridized carbons (Fsp3) is 0.273. The minimum absolute atomic E-state index is 0.0954. The molecule has 0 radical (unpaired) electrons. The first-order valence-electron chi connectivity index (χ1n) is 10.4. The lowest BCUT2D eigenvalue weighted by Crippen LogP contribution is -2.50. The topological polar surface area (TPSA) is 118 Å². The van der Waals surface area contributed by atoms with Crippen LogP contribution in [0.2, 0.25) is 0 Å². The van der Waals surface area contributed by atoms with E-state index >= 15 is 0 Å². The van der Waals surface area contributed by atoms with Gasteiger partial charge in [-0.15, -0.1) is 11.3 Å². The molecule has 33 heavy (non-hydrogen) atoms. The van der Waals surface area contributed by atoms with Gasteiger partial charge in [-0.1, -0.05) is 42.5 Å². The molecule has 174 valence electrons. The van der Waals surface area contributed by atoms with Crippen molar-refractivity contribution in [3.05, 3.63) is 65.5 Å². The predicted octanol–water partition coefficient (Wildman–Crippen LogP) is 2.41. The lowest BCUT2D eigenvalue weighted by Gasteiger charge is -2.31. The van der Waals surface area contributed by atoms with E-state index in [4.69, 9.17) is 10.5 Å². The number of anilines is 2. The molecule has 2 heterocycles. The van der Waals surface area contributed by atoms with E-state index in [1.54, 1.807) is 12.1 Å². The van der Waals surface area contributed by atoms with E-state index in [-0.39, 0.29) is 26.2 Å². The first-order chi connectivity index (χ1) is 15.9. The quantitative estimate of drug-likeness (QED) is 0.504. The van der Waals surface area contributed by atoms with E-state index in [0.717, 1.165) is 16.8 Å². The van der Waals surface area contributed by atoms with Gasteiger partial charge in [-0.25, -0.2) is 4.98 Å². The second kappa shape index (κ2) is 10.4. The van der Waals surface area contributed by atoms with Crippen LogP contribution in [0.25, 0.3) is 11.3 Å². The van der Waals surface area contributed by atoms with Gasteiger partial charge in [-0.3, -0.25) is 4.79 Å². The molecule has 1 aromatic heterocycles. The Morgan fingerprint density at radius 3 is 2.45 bits per heavy atom. The van der Waals surface area contributed by atoms with E-state index in [1.807, 2.05) is 47.8 Å². The third-order valence-electron chi connectivity index (χ3n) is 5.13. The molecule has 0 unspecified atom stereocenters. The van der Waals surface area contributed by atoms with Gasteiger partial charge in [0.05, 0.1) is 25.5 Å². The Bertz CT molecular complexity index is 1180. The molecule has 3 N–H and O–H groups in total. The average Bonchev–Trinajstić information content (AvgIpc) is 3.26. The third-order valence-corrected chi connectivity index (χ3v) is 7.73. The Kier molecular flexibility index (Phi) is 7.36. The number of morpholine rings is 1. The number of benzene rings is 2. The van der Waals surface area contributed by atoms with Crippen molar-refractivity contribution in [2.45, 2.75) is 6.54 Å². The van der Waals surface area contributed by atoms with Crippen molar-refractivity contribution in [3.8, 4) is 11.3 Å². The molecule has 0 spiro atoms. The Labute approximate surface area is 197 Å². The van der Waals surface area contributed by atoms with Crippen molar-refractivity contribution in [1.82, 2.24) is 13.6 Å². The molecule has 2 aromatic carbocycles. The zero-order valence-corrected chi connectivity index (χ0v) is 19.5. The van der Waals surface area contributed by atoms with E-state index in [9.17, 15) is 13.2 Å². The molecule has 0 bridgehead atoms. The van der Waals surface area contributed by atoms with Gasteiger partial charge in [0, 0.05) is 36.3 Å². The number of nitrogens with one attached hydrogen (secondary N) is 1. The number of nitrogen functional groups attached to an aromatic ring is 1. The Hall–Kier alpha value is -2.83. The molecular formula is C22H25N5O4S2. The van der Waals surface area contributed by atoms with Crippen LogP contribution >= 0.6 is 11.3 Å². The van der Waals surface area contributed by atoms with Crippen LogP contribution in [0.1, 0.15) is 5.56 Å². The monoisotopic (exact) mass is 487 g/mol. The number of aromatic nitrogens is 1. The highest BCUT2D eigenvalue weighted by Gasteiger charge is 2.32. The first-order valence-corrected chi connectivity index (χ1v) is 12.7. The maximum atomic E-state index is 13.3. The van der Waals surface area contributed by atoms with Crippen LogP contribution in [0, 0.1) is 0 Å². The number of amides is 1. The minimum atomic E-state index is -3.84. The number of nitrogens with zero attached hydrogens (tertiary/aromatic N) is 3. The van der Waals surface area contributed by atoms with Gasteiger partial charge in [0.15, 0.2) is 5.13 Å². The molecule has 1 saturated heterocycles. The van der Waals surface area contributed by atoms with Crippen molar-refractivity contribution in [3.63, 3.8) is 0 Å². The van der Waals surface area contributed by atoms with E-state index in [2.05, 4.69) is 10.3 Å². The number of ether oxygens (including phenoxy) is 1. The minimum Gasteiger partial charge on any atom is -0.379 e. The summed E-state index contributed by atoms with van der Waals surface area (Å²) in [7, 11) is -3.84. The predicted molar refractivity (Wildman–Crippen MR) is 129 cm³/mol. The molecule has 11 heteroatoms. The van der Waals surface area contributed by atoms with Crippen LogP contribution in [0.15, 0.2) is 60.0 Å². The Morgan fingerprint density at radius 1 is 1.12 bits per heavy atom. The number of nitrogens with two attached hydrogens (primary N) is 1. The standard InChI is InChI=1S/C22H25N5O4S2/c23-22-25-20(16-32-22)18-6-8-19(9-7-18)24-21(28)15-27(14-17-4-2-1-3-5-17)33(29,30)26-10-12-31-13-11-26/h1-9,16H,10-15H2,(H2,23,25)(H,24,28). The lowest BCUT2D eigenvalue weighted by molar-refractivity contribution is -0.116. The lowest BCUT2D eigenvalue weighted by atomic mass is 10.1. The number of hydrogen-bond acceptors (Lipinski definition) is 7. The van der Waals surface area contributed by atoms with Crippen LogP contribution in [-0.4, -0.2) is 60.8 Å². The fourth-order valence-corrected chi connectivity index (χ4v) is 5.55. The number of rotatable bonds is 8. The van der Waals surface area contributed by atoms with Crippen molar-refractivity contribution in [2.24, 2.45) is 0 Å². The summed E-state index contributed by atoms with van der Waals surface area (Å²) >= 11 is 1.36. The molecule has 1 amide bonds.